The van der Waals surface area contributed by atoms with Crippen molar-refractivity contribution in [2.45, 2.75) is 15.8 Å². The number of nitrogens with zero attached hydrogens (tertiary/aromatic N) is 4. The van der Waals surface area contributed by atoms with E-state index in [-0.39, 0.29) is 35.1 Å². The Kier molecular flexibility index (Phi) is 6.26. The number of amides is 2. The highest BCUT2D eigenvalue weighted by Gasteiger charge is 2.57. The number of aliphatic carboxylic acids is 1. The van der Waals surface area contributed by atoms with E-state index in [1.807, 2.05) is 0 Å². The number of rotatable bonds is 7. The van der Waals surface area contributed by atoms with Crippen LogP contribution in [0.3, 0.4) is 0 Å². The van der Waals surface area contributed by atoms with Crippen molar-refractivity contribution in [2.24, 2.45) is 10.6 Å². The van der Waals surface area contributed by atoms with Crippen LogP contribution in [0.5, 0.6) is 5.75 Å². The lowest BCUT2D eigenvalue weighted by Crippen LogP contribution is -2.74. The molecule has 4 rings (SSSR count). The van der Waals surface area contributed by atoms with Crippen LogP contribution in [0.25, 0.3) is 0 Å². The van der Waals surface area contributed by atoms with Crippen molar-refractivity contribution in [1.82, 2.24) is 20.4 Å². The molecule has 2 fully saturated rings. The van der Waals surface area contributed by atoms with Crippen LogP contribution >= 0.6 is 34.9 Å². The quantitative estimate of drug-likeness (QED) is 0.141. The van der Waals surface area contributed by atoms with E-state index >= 15 is 0 Å². The van der Waals surface area contributed by atoms with Crippen LogP contribution in [0.2, 0.25) is 0 Å². The van der Waals surface area contributed by atoms with E-state index in [9.17, 15) is 29.8 Å². The van der Waals surface area contributed by atoms with Gasteiger partial charge in [-0.05, 0) is 12.1 Å². The van der Waals surface area contributed by atoms with Crippen LogP contribution in [0.1, 0.15) is 5.56 Å². The fourth-order valence-electron chi connectivity index (χ4n) is 3.43. The lowest BCUT2D eigenvalue weighted by atomic mass is 9.89. The number of carbonyl (C=O) groups excluding carboxylic acids is 2. The number of hydrogen-bond donors (Lipinski definition) is 4. The molecule has 168 valence electrons. The number of phenolic OH excluding ortho intramolecular Hbond substituents is 1. The van der Waals surface area contributed by atoms with Crippen molar-refractivity contribution in [3.63, 3.8) is 0 Å². The van der Waals surface area contributed by atoms with Crippen molar-refractivity contribution < 1.29 is 29.8 Å². The molecule has 0 saturated carbocycles. The normalized spacial score (nSPS) is 25.1. The van der Waals surface area contributed by atoms with Crippen LogP contribution < -0.4 is 5.32 Å². The molecule has 14 heteroatoms. The first kappa shape index (κ1) is 22.4. The lowest BCUT2D eigenvalue weighted by molar-refractivity contribution is -0.157. The number of oxime groups is 1. The molecule has 11 nitrogen and oxygen atoms in total. The number of aromatic hydroxyl groups is 1. The first-order chi connectivity index (χ1) is 15.3. The van der Waals surface area contributed by atoms with E-state index in [0.29, 0.717) is 4.34 Å². The maximum absolute atomic E-state index is 12.7. The minimum Gasteiger partial charge on any atom is -0.508 e. The highest BCUT2D eigenvalue weighted by Crippen LogP contribution is 2.44. The molecule has 2 amide bonds. The first-order valence-electron chi connectivity index (χ1n) is 9.21. The Morgan fingerprint density at radius 2 is 2.22 bits per heavy atom. The average Bonchev–Trinajstić information content (AvgIpc) is 3.30. The van der Waals surface area contributed by atoms with Crippen LogP contribution in [-0.4, -0.2) is 83.5 Å². The molecule has 4 N–H and O–H groups in total. The van der Waals surface area contributed by atoms with Gasteiger partial charge in [-0.25, -0.2) is 0 Å². The van der Waals surface area contributed by atoms with Gasteiger partial charge in [-0.15, -0.1) is 22.0 Å². The number of β-lactam (4-membered cyclic amide) rings is 1. The molecule has 2 unspecified atom stereocenters. The Labute approximate surface area is 193 Å². The van der Waals surface area contributed by atoms with E-state index in [1.54, 1.807) is 5.51 Å². The standard InChI is InChI=1S/C18H17N5O6S3/c24-10-3-1-2-9(4-10)11(22-29)13(25)20-12-14(26)23-5-18(16(27)28,6-30-15(12)23)7-31-17-21-19-8-32-17/h1-4,8,12,15,24,29H,5-7H2,(H,20,25)(H,27,28)/t12?,15-,18?/m1/s1. The van der Waals surface area contributed by atoms with Crippen molar-refractivity contribution in [1.29, 1.82) is 0 Å². The SMILES string of the molecule is O=C(NC1C(=O)N2CC(CSc3nncs3)(C(=O)O)CS[C@H]12)C(=NO)c1cccc(O)c1. The lowest BCUT2D eigenvalue weighted by Gasteiger charge is -2.53. The summed E-state index contributed by atoms with van der Waals surface area (Å²) >= 11 is 3.88. The third-order valence-electron chi connectivity index (χ3n) is 5.13. The molecule has 3 heterocycles. The van der Waals surface area contributed by atoms with E-state index in [4.69, 9.17) is 0 Å². The average molecular weight is 496 g/mol. The molecule has 2 aliphatic rings. The van der Waals surface area contributed by atoms with E-state index in [2.05, 4.69) is 20.7 Å². The van der Waals surface area contributed by atoms with Crippen LogP contribution in [0.4, 0.5) is 0 Å². The summed E-state index contributed by atoms with van der Waals surface area (Å²) in [7, 11) is 0. The number of carboxylic acid groups (broad SMARTS) is 1. The van der Waals surface area contributed by atoms with Gasteiger partial charge in [0, 0.05) is 23.6 Å². The molecule has 2 aliphatic heterocycles. The molecule has 1 aromatic carbocycles. The predicted molar refractivity (Wildman–Crippen MR) is 117 cm³/mol. The number of benzene rings is 1. The van der Waals surface area contributed by atoms with E-state index in [1.165, 1.54) is 64.0 Å². The minimum atomic E-state index is -1.15. The molecular formula is C18H17N5O6S3. The van der Waals surface area contributed by atoms with Gasteiger partial charge in [0.05, 0.1) is 0 Å². The van der Waals surface area contributed by atoms with Gasteiger partial charge < -0.3 is 25.6 Å². The number of thioether (sulfide) groups is 2. The number of carboxylic acids is 1. The van der Waals surface area contributed by atoms with Crippen molar-refractivity contribution in [3.8, 4) is 5.75 Å². The number of aromatic nitrogens is 2. The molecule has 0 spiro atoms. The maximum Gasteiger partial charge on any atom is 0.313 e. The maximum atomic E-state index is 12.7. The Morgan fingerprint density at radius 3 is 2.88 bits per heavy atom. The molecule has 32 heavy (non-hydrogen) atoms. The molecule has 3 atom stereocenters. The van der Waals surface area contributed by atoms with Gasteiger partial charge in [0.1, 0.15) is 28.1 Å². The summed E-state index contributed by atoms with van der Waals surface area (Å²) in [5.74, 6) is -1.81. The van der Waals surface area contributed by atoms with Gasteiger partial charge in [0.25, 0.3) is 5.91 Å². The highest BCUT2D eigenvalue weighted by molar-refractivity contribution is 8.01. The number of phenols is 1. The van der Waals surface area contributed by atoms with E-state index < -0.39 is 34.6 Å². The van der Waals surface area contributed by atoms with E-state index in [0.717, 1.165) is 0 Å². The Balaban J connectivity index is 1.42. The van der Waals surface area contributed by atoms with Gasteiger partial charge in [0.15, 0.2) is 10.1 Å². The number of fused-ring (bicyclic) bond motifs is 1. The summed E-state index contributed by atoms with van der Waals surface area (Å²) < 4.78 is 0.653. The third kappa shape index (κ3) is 4.12. The molecule has 1 aromatic heterocycles. The third-order valence-corrected chi connectivity index (χ3v) is 8.87. The van der Waals surface area contributed by atoms with Crippen LogP contribution in [0.15, 0.2) is 39.3 Å². The second-order valence-electron chi connectivity index (χ2n) is 7.20. The summed E-state index contributed by atoms with van der Waals surface area (Å²) in [6.07, 6.45) is 0. The van der Waals surface area contributed by atoms with Gasteiger partial charge in [-0.1, -0.05) is 40.4 Å². The van der Waals surface area contributed by atoms with Gasteiger partial charge in [0.2, 0.25) is 5.91 Å². The summed E-state index contributed by atoms with van der Waals surface area (Å²) in [4.78, 5) is 38.8. The molecule has 0 bridgehead atoms. The van der Waals surface area contributed by atoms with Crippen LogP contribution in [0, 0.1) is 5.41 Å². The Morgan fingerprint density at radius 1 is 1.41 bits per heavy atom. The number of hydrogen-bond acceptors (Lipinski definition) is 11. The summed E-state index contributed by atoms with van der Waals surface area (Å²) in [6.45, 7) is 0.0184. The highest BCUT2D eigenvalue weighted by atomic mass is 32.2. The fraction of sp³-hybridized carbons (Fsp3) is 0.333. The second-order valence-corrected chi connectivity index (χ2v) is 10.4. The predicted octanol–water partition coefficient (Wildman–Crippen LogP) is 0.685. The fourth-order valence-corrected chi connectivity index (χ4v) is 6.78. The van der Waals surface area contributed by atoms with Crippen molar-refractivity contribution in [2.75, 3.05) is 18.1 Å². The molecular weight excluding hydrogens is 478 g/mol. The molecule has 2 aromatic rings. The monoisotopic (exact) mass is 495 g/mol. The zero-order valence-electron chi connectivity index (χ0n) is 16.2. The van der Waals surface area contributed by atoms with Crippen molar-refractivity contribution >= 4 is 58.4 Å². The van der Waals surface area contributed by atoms with Crippen molar-refractivity contribution in [3.05, 3.63) is 35.3 Å². The number of nitrogens with one attached hydrogen (secondary N) is 1. The Bertz CT molecular complexity index is 1080. The summed E-state index contributed by atoms with van der Waals surface area (Å²) in [5.41, 5.74) is 0.250. The van der Waals surface area contributed by atoms with Gasteiger partial charge in [-0.3, -0.25) is 14.4 Å². The zero-order valence-corrected chi connectivity index (χ0v) is 18.7. The molecule has 0 radical (unpaired) electrons. The summed E-state index contributed by atoms with van der Waals surface area (Å²) in [5, 5.41) is 41.5. The minimum absolute atomic E-state index is 0.0184. The first-order valence-corrected chi connectivity index (χ1v) is 12.1. The Hall–Kier alpha value is -2.84. The number of carbonyl (C=O) groups is 3. The van der Waals surface area contributed by atoms with Gasteiger partial charge >= 0.3 is 5.97 Å². The van der Waals surface area contributed by atoms with Crippen LogP contribution in [-0.2, 0) is 14.4 Å². The smallest absolute Gasteiger partial charge is 0.313 e. The summed E-state index contributed by atoms with van der Waals surface area (Å²) in [6, 6.07) is 4.76. The zero-order chi connectivity index (χ0) is 22.9. The topological polar surface area (TPSA) is 165 Å². The van der Waals surface area contributed by atoms with Gasteiger partial charge in [-0.2, -0.15) is 0 Å². The second kappa shape index (κ2) is 8.96. The largest absolute Gasteiger partial charge is 0.508 e. The molecule has 2 saturated heterocycles. The molecule has 0 aliphatic carbocycles.